The number of carbonyl (C=O) groups is 1. The van der Waals surface area contributed by atoms with Gasteiger partial charge in [-0.15, -0.1) is 0 Å². The number of hydrogen-bond donors (Lipinski definition) is 1. The molecule has 0 unspecified atom stereocenters. The zero-order valence-electron chi connectivity index (χ0n) is 14.7. The molecule has 0 radical (unpaired) electrons. The van der Waals surface area contributed by atoms with Crippen molar-refractivity contribution in [3.63, 3.8) is 0 Å². The normalized spacial score (nSPS) is 15.5. The summed E-state index contributed by atoms with van der Waals surface area (Å²) in [4.78, 5) is 31.4. The van der Waals surface area contributed by atoms with E-state index >= 15 is 0 Å². The van der Waals surface area contributed by atoms with Crippen molar-refractivity contribution in [3.8, 4) is 6.07 Å². The van der Waals surface area contributed by atoms with Gasteiger partial charge in [0.1, 0.15) is 23.1 Å². The van der Waals surface area contributed by atoms with E-state index in [-0.39, 0.29) is 16.7 Å². The van der Waals surface area contributed by atoms with Gasteiger partial charge >= 0.3 is 0 Å². The molecule has 0 bridgehead atoms. The van der Waals surface area contributed by atoms with E-state index in [1.165, 1.54) is 10.5 Å². The van der Waals surface area contributed by atoms with Crippen LogP contribution in [0.3, 0.4) is 0 Å². The maximum Gasteiger partial charge on any atom is 0.267 e. The van der Waals surface area contributed by atoms with Gasteiger partial charge in [0.15, 0.2) is 0 Å². The van der Waals surface area contributed by atoms with Crippen LogP contribution in [0.4, 0.5) is 5.82 Å². The topological polar surface area (TPSA) is 104 Å². The maximum absolute atomic E-state index is 13.1. The molecule has 0 aromatic carbocycles. The molecule has 7 heteroatoms. The monoisotopic (exact) mass is 351 g/mol. The van der Waals surface area contributed by atoms with Crippen LogP contribution in [-0.4, -0.2) is 28.4 Å². The first kappa shape index (κ1) is 17.7. The number of nitrogens with zero attached hydrogens (tertiary/aromatic N) is 4. The van der Waals surface area contributed by atoms with Gasteiger partial charge in [-0.25, -0.2) is 4.98 Å². The Bertz CT molecular complexity index is 976. The minimum absolute atomic E-state index is 0.227. The van der Waals surface area contributed by atoms with Gasteiger partial charge in [-0.3, -0.25) is 14.0 Å². The minimum atomic E-state index is -0.858. The second kappa shape index (κ2) is 7.40. The third-order valence-corrected chi connectivity index (χ3v) is 4.64. The van der Waals surface area contributed by atoms with Crippen molar-refractivity contribution >= 4 is 23.4 Å². The Labute approximate surface area is 151 Å². The van der Waals surface area contributed by atoms with Gasteiger partial charge in [0, 0.05) is 19.3 Å². The van der Waals surface area contributed by atoms with Crippen LogP contribution in [-0.2, 0) is 4.79 Å². The van der Waals surface area contributed by atoms with Gasteiger partial charge in [0.2, 0.25) is 0 Å². The molecule has 2 aromatic heterocycles. The highest BCUT2D eigenvalue weighted by molar-refractivity contribution is 6.01. The third-order valence-electron chi connectivity index (χ3n) is 4.64. The molecule has 1 fully saturated rings. The summed E-state index contributed by atoms with van der Waals surface area (Å²) in [7, 11) is 0. The number of anilines is 1. The van der Waals surface area contributed by atoms with E-state index in [2.05, 4.69) is 4.90 Å². The molecule has 0 saturated carbocycles. The molecule has 2 N–H and O–H groups in total. The fourth-order valence-electron chi connectivity index (χ4n) is 3.25. The molecule has 134 valence electrons. The van der Waals surface area contributed by atoms with Crippen LogP contribution < -0.4 is 16.2 Å². The molecule has 0 spiro atoms. The van der Waals surface area contributed by atoms with E-state index in [9.17, 15) is 14.9 Å². The molecule has 26 heavy (non-hydrogen) atoms. The maximum atomic E-state index is 13.1. The summed E-state index contributed by atoms with van der Waals surface area (Å²) >= 11 is 0. The lowest BCUT2D eigenvalue weighted by molar-refractivity contribution is -0.114. The molecular weight excluding hydrogens is 330 g/mol. The summed E-state index contributed by atoms with van der Waals surface area (Å²) < 4.78 is 1.44. The largest absolute Gasteiger partial charge is 0.365 e. The first-order valence-corrected chi connectivity index (χ1v) is 8.71. The van der Waals surface area contributed by atoms with Gasteiger partial charge in [0.25, 0.3) is 11.5 Å². The van der Waals surface area contributed by atoms with Crippen LogP contribution in [0.15, 0.2) is 28.7 Å². The average molecular weight is 351 g/mol. The number of rotatable bonds is 3. The van der Waals surface area contributed by atoms with Crippen LogP contribution in [0.1, 0.15) is 36.8 Å². The third kappa shape index (κ3) is 3.31. The summed E-state index contributed by atoms with van der Waals surface area (Å²) in [5.74, 6) is -0.344. The number of aryl methyl sites for hydroxylation is 1. The molecule has 2 aromatic rings. The van der Waals surface area contributed by atoms with Crippen molar-refractivity contribution in [1.29, 1.82) is 5.26 Å². The Morgan fingerprint density at radius 3 is 2.62 bits per heavy atom. The Hall–Kier alpha value is -3.14. The lowest BCUT2D eigenvalue weighted by Gasteiger charge is -2.24. The fourth-order valence-corrected chi connectivity index (χ4v) is 3.25. The van der Waals surface area contributed by atoms with Gasteiger partial charge in [-0.1, -0.05) is 18.9 Å². The highest BCUT2D eigenvalue weighted by Gasteiger charge is 2.20. The molecular formula is C19H21N5O2. The van der Waals surface area contributed by atoms with E-state index in [4.69, 9.17) is 10.7 Å². The second-order valence-corrected chi connectivity index (χ2v) is 6.47. The SMILES string of the molecule is Cc1cccn2c(=O)c(/C=C(\C#N)C(N)=O)c(N3CCCCCC3)nc12. The quantitative estimate of drug-likeness (QED) is 0.670. The summed E-state index contributed by atoms with van der Waals surface area (Å²) in [5, 5.41) is 9.19. The number of nitrogens with two attached hydrogens (primary N) is 1. The molecule has 0 atom stereocenters. The standard InChI is InChI=1S/C19H21N5O2/c1-13-7-6-10-24-17(13)22-18(23-8-4-2-3-5-9-23)15(19(24)26)11-14(12-20)16(21)25/h6-7,10-11H,2-5,8-9H2,1H3,(H2,21,25)/b14-11+. The van der Waals surface area contributed by atoms with Crippen LogP contribution in [0.2, 0.25) is 0 Å². The summed E-state index contributed by atoms with van der Waals surface area (Å²) in [6.45, 7) is 3.47. The van der Waals surface area contributed by atoms with Crippen LogP contribution in [0.25, 0.3) is 11.7 Å². The summed E-state index contributed by atoms with van der Waals surface area (Å²) in [6, 6.07) is 5.44. The molecule has 0 aliphatic carbocycles. The van der Waals surface area contributed by atoms with Crippen molar-refractivity contribution in [2.45, 2.75) is 32.6 Å². The number of carbonyl (C=O) groups excluding carboxylic acids is 1. The Morgan fingerprint density at radius 2 is 2.00 bits per heavy atom. The molecule has 1 aliphatic heterocycles. The van der Waals surface area contributed by atoms with E-state index in [1.54, 1.807) is 18.3 Å². The van der Waals surface area contributed by atoms with Gasteiger partial charge in [0.05, 0.1) is 5.56 Å². The Morgan fingerprint density at radius 1 is 1.31 bits per heavy atom. The number of primary amides is 1. The Kier molecular flexibility index (Phi) is 5.03. The number of nitriles is 1. The molecule has 7 nitrogen and oxygen atoms in total. The van der Waals surface area contributed by atoms with Crippen LogP contribution in [0.5, 0.6) is 0 Å². The van der Waals surface area contributed by atoms with Gasteiger partial charge in [-0.2, -0.15) is 5.26 Å². The lowest BCUT2D eigenvalue weighted by Crippen LogP contribution is -2.30. The predicted octanol–water partition coefficient (Wildman–Crippen LogP) is 1.78. The van der Waals surface area contributed by atoms with Crippen LogP contribution in [0, 0.1) is 18.3 Å². The summed E-state index contributed by atoms with van der Waals surface area (Å²) in [6.07, 6.45) is 7.21. The molecule has 3 heterocycles. The minimum Gasteiger partial charge on any atom is -0.365 e. The molecule has 1 amide bonds. The summed E-state index contributed by atoms with van der Waals surface area (Å²) in [5.41, 5.74) is 6.38. The van der Waals surface area contributed by atoms with Crippen LogP contribution >= 0.6 is 0 Å². The smallest absolute Gasteiger partial charge is 0.267 e. The molecule has 3 rings (SSSR count). The van der Waals surface area contributed by atoms with Crippen molar-refractivity contribution in [1.82, 2.24) is 9.38 Å². The molecule has 1 aliphatic rings. The zero-order chi connectivity index (χ0) is 18.7. The number of fused-ring (bicyclic) bond motifs is 1. The first-order chi connectivity index (χ1) is 12.5. The first-order valence-electron chi connectivity index (χ1n) is 8.71. The molecule has 1 saturated heterocycles. The number of pyridine rings is 1. The van der Waals surface area contributed by atoms with Crippen molar-refractivity contribution in [2.24, 2.45) is 5.73 Å². The Balaban J connectivity index is 2.30. The number of aromatic nitrogens is 2. The highest BCUT2D eigenvalue weighted by Crippen LogP contribution is 2.23. The second-order valence-electron chi connectivity index (χ2n) is 6.47. The van der Waals surface area contributed by atoms with E-state index < -0.39 is 5.91 Å². The predicted molar refractivity (Wildman–Crippen MR) is 99.7 cm³/mol. The lowest BCUT2D eigenvalue weighted by atomic mass is 10.1. The van der Waals surface area contributed by atoms with E-state index in [1.807, 2.05) is 13.0 Å². The van der Waals surface area contributed by atoms with Gasteiger partial charge in [-0.05, 0) is 37.5 Å². The van der Waals surface area contributed by atoms with E-state index in [0.717, 1.165) is 44.3 Å². The average Bonchev–Trinajstić information content (AvgIpc) is 2.90. The highest BCUT2D eigenvalue weighted by atomic mass is 16.1. The zero-order valence-corrected chi connectivity index (χ0v) is 14.7. The van der Waals surface area contributed by atoms with Crippen molar-refractivity contribution < 1.29 is 4.79 Å². The van der Waals surface area contributed by atoms with Crippen molar-refractivity contribution in [3.05, 3.63) is 45.4 Å². The van der Waals surface area contributed by atoms with Crippen molar-refractivity contribution in [2.75, 3.05) is 18.0 Å². The van der Waals surface area contributed by atoms with E-state index in [0.29, 0.717) is 11.5 Å². The number of hydrogen-bond acceptors (Lipinski definition) is 5. The number of amides is 1. The fraction of sp³-hybridized carbons (Fsp3) is 0.368. The van der Waals surface area contributed by atoms with Gasteiger partial charge < -0.3 is 10.6 Å².